The number of benzene rings is 2. The van der Waals surface area contributed by atoms with Crippen molar-refractivity contribution in [2.75, 3.05) is 0 Å². The van der Waals surface area contributed by atoms with Crippen molar-refractivity contribution in [3.8, 4) is 11.5 Å². The number of hydrogen-bond donors (Lipinski definition) is 5. The number of aromatic nitrogens is 2. The lowest BCUT2D eigenvalue weighted by molar-refractivity contribution is -0.117. The third-order valence-electron chi connectivity index (χ3n) is 5.07. The molecule has 1 amide bonds. The molecule has 0 aliphatic carbocycles. The maximum Gasteiger partial charge on any atom is 0.293 e. The van der Waals surface area contributed by atoms with Gasteiger partial charge in [-0.3, -0.25) is 14.4 Å². The number of H-pyrrole nitrogens is 2. The van der Waals surface area contributed by atoms with Crippen molar-refractivity contribution in [2.45, 2.75) is 6.04 Å². The molecular formula is C20H13N3O5. The molecule has 1 aliphatic rings. The predicted octanol–water partition coefficient (Wildman–Crippen LogP) is 2.30. The van der Waals surface area contributed by atoms with E-state index in [1.165, 1.54) is 30.6 Å². The summed E-state index contributed by atoms with van der Waals surface area (Å²) in [6, 6.07) is 6.26. The first kappa shape index (κ1) is 16.1. The average molecular weight is 375 g/mol. The average Bonchev–Trinajstić information content (AvgIpc) is 3.26. The molecule has 138 valence electrons. The largest absolute Gasteiger partial charge is 0.508 e. The first-order chi connectivity index (χ1) is 13.5. The highest BCUT2D eigenvalue weighted by atomic mass is 16.3. The number of phenols is 2. The Balaban J connectivity index is 1.76. The van der Waals surface area contributed by atoms with Gasteiger partial charge in [0.2, 0.25) is 0 Å². The van der Waals surface area contributed by atoms with Crippen LogP contribution in [0.4, 0.5) is 0 Å². The van der Waals surface area contributed by atoms with Crippen molar-refractivity contribution in [3.63, 3.8) is 0 Å². The van der Waals surface area contributed by atoms with Gasteiger partial charge in [-0.15, -0.1) is 0 Å². The van der Waals surface area contributed by atoms with E-state index in [2.05, 4.69) is 15.3 Å². The number of fused-ring (bicyclic) bond motifs is 1. The molecule has 0 saturated carbocycles. The molecule has 1 aliphatic heterocycles. The number of aromatic amines is 2. The molecule has 3 heterocycles. The highest BCUT2D eigenvalue weighted by Crippen LogP contribution is 2.38. The number of hydrogen-bond acceptors (Lipinski definition) is 5. The van der Waals surface area contributed by atoms with Crippen LogP contribution in [0, 0.1) is 0 Å². The van der Waals surface area contributed by atoms with Crippen molar-refractivity contribution in [1.29, 1.82) is 0 Å². The van der Waals surface area contributed by atoms with E-state index in [0.717, 1.165) is 0 Å². The van der Waals surface area contributed by atoms with Crippen LogP contribution in [0.1, 0.15) is 32.3 Å². The molecule has 4 aromatic rings. The van der Waals surface area contributed by atoms with E-state index >= 15 is 0 Å². The summed E-state index contributed by atoms with van der Waals surface area (Å²) in [5.74, 6) is -2.46. The Bertz CT molecular complexity index is 1330. The Hall–Kier alpha value is -4.07. The minimum absolute atomic E-state index is 0.0147. The van der Waals surface area contributed by atoms with Crippen LogP contribution in [-0.4, -0.2) is 37.7 Å². The second kappa shape index (κ2) is 5.46. The Kier molecular flexibility index (Phi) is 3.15. The Morgan fingerprint density at radius 1 is 0.964 bits per heavy atom. The van der Waals surface area contributed by atoms with E-state index in [1.54, 1.807) is 12.1 Å². The summed E-state index contributed by atoms with van der Waals surface area (Å²) in [5.41, 5.74) is 1.64. The Morgan fingerprint density at radius 3 is 2.54 bits per heavy atom. The van der Waals surface area contributed by atoms with Crippen LogP contribution in [0.25, 0.3) is 21.8 Å². The van der Waals surface area contributed by atoms with Gasteiger partial charge in [-0.25, -0.2) is 0 Å². The predicted molar refractivity (Wildman–Crippen MR) is 99.5 cm³/mol. The van der Waals surface area contributed by atoms with Gasteiger partial charge in [0.25, 0.3) is 11.7 Å². The lowest BCUT2D eigenvalue weighted by atomic mass is 9.93. The number of ketones is 2. The molecule has 8 heteroatoms. The van der Waals surface area contributed by atoms with Crippen LogP contribution < -0.4 is 5.32 Å². The first-order valence-electron chi connectivity index (χ1n) is 8.48. The Morgan fingerprint density at radius 2 is 1.71 bits per heavy atom. The fourth-order valence-corrected chi connectivity index (χ4v) is 3.77. The first-order valence-corrected chi connectivity index (χ1v) is 8.48. The van der Waals surface area contributed by atoms with Gasteiger partial charge in [0.05, 0.1) is 5.56 Å². The molecule has 0 fully saturated rings. The van der Waals surface area contributed by atoms with Gasteiger partial charge < -0.3 is 25.5 Å². The van der Waals surface area contributed by atoms with Crippen LogP contribution in [0.15, 0.2) is 42.7 Å². The van der Waals surface area contributed by atoms with Crippen molar-refractivity contribution in [1.82, 2.24) is 15.3 Å². The van der Waals surface area contributed by atoms with Gasteiger partial charge in [-0.2, -0.15) is 0 Å². The maximum atomic E-state index is 13.4. The van der Waals surface area contributed by atoms with Crippen LogP contribution >= 0.6 is 0 Å². The lowest BCUT2D eigenvalue weighted by Gasteiger charge is -2.17. The molecule has 0 saturated heterocycles. The molecule has 5 N–H and O–H groups in total. The minimum Gasteiger partial charge on any atom is -0.508 e. The molecule has 5 rings (SSSR count). The second-order valence-electron chi connectivity index (χ2n) is 6.66. The summed E-state index contributed by atoms with van der Waals surface area (Å²) < 4.78 is 0. The summed E-state index contributed by atoms with van der Waals surface area (Å²) in [4.78, 5) is 44.0. The summed E-state index contributed by atoms with van der Waals surface area (Å²) in [6.07, 6.45) is 2.87. The third kappa shape index (κ3) is 2.08. The number of rotatable bonds is 2. The zero-order valence-corrected chi connectivity index (χ0v) is 14.2. The van der Waals surface area contributed by atoms with Gasteiger partial charge in [-0.05, 0) is 30.3 Å². The van der Waals surface area contributed by atoms with Crippen LogP contribution in [0.5, 0.6) is 11.5 Å². The SMILES string of the molecule is O=C1N[C@H](C(=O)c2c[nH]c3ccc(O)cc23)c2c(O)ccc3[nH]cc(c23)C1=O. The highest BCUT2D eigenvalue weighted by Gasteiger charge is 2.37. The van der Waals surface area contributed by atoms with E-state index in [-0.39, 0.29) is 28.2 Å². The smallest absolute Gasteiger partial charge is 0.293 e. The number of aromatic hydroxyl groups is 2. The normalized spacial score (nSPS) is 16.4. The van der Waals surface area contributed by atoms with Gasteiger partial charge in [0, 0.05) is 45.3 Å². The fraction of sp³-hybridized carbons (Fsp3) is 0.0500. The van der Waals surface area contributed by atoms with E-state index in [9.17, 15) is 24.6 Å². The molecule has 2 aromatic heterocycles. The van der Waals surface area contributed by atoms with Crippen LogP contribution in [0.3, 0.4) is 0 Å². The van der Waals surface area contributed by atoms with Gasteiger partial charge in [0.15, 0.2) is 5.78 Å². The molecule has 1 atom stereocenters. The topological polar surface area (TPSA) is 135 Å². The van der Waals surface area contributed by atoms with Crippen LogP contribution in [-0.2, 0) is 4.79 Å². The van der Waals surface area contributed by atoms with Crippen molar-refractivity contribution >= 4 is 39.3 Å². The molecule has 2 aromatic carbocycles. The molecular weight excluding hydrogens is 362 g/mol. The zero-order chi connectivity index (χ0) is 19.6. The van der Waals surface area contributed by atoms with Crippen molar-refractivity contribution in [2.24, 2.45) is 0 Å². The lowest BCUT2D eigenvalue weighted by Crippen LogP contribution is -2.36. The number of carbonyl (C=O) groups excluding carboxylic acids is 3. The van der Waals surface area contributed by atoms with E-state index < -0.39 is 23.5 Å². The van der Waals surface area contributed by atoms with Gasteiger partial charge in [0.1, 0.15) is 17.5 Å². The minimum atomic E-state index is -1.27. The summed E-state index contributed by atoms with van der Waals surface area (Å²) in [5, 5.41) is 23.5. The summed E-state index contributed by atoms with van der Waals surface area (Å²) >= 11 is 0. The summed E-state index contributed by atoms with van der Waals surface area (Å²) in [7, 11) is 0. The second-order valence-corrected chi connectivity index (χ2v) is 6.66. The number of Topliss-reactive ketones (excluding diaryl/α,β-unsaturated/α-hetero) is 2. The standard InChI is InChI=1S/C20H13N3O5/c24-8-1-2-12-9(5-8)10(6-21-12)18(26)17-16-14(25)4-3-13-15(16)11(7-22-13)19(27)20(28)23-17/h1-7,17,21-22,24-25H,(H,23,28)/t17-/m0/s1. The maximum absolute atomic E-state index is 13.4. The third-order valence-corrected chi connectivity index (χ3v) is 5.07. The monoisotopic (exact) mass is 375 g/mol. The fourth-order valence-electron chi connectivity index (χ4n) is 3.77. The molecule has 0 spiro atoms. The molecule has 0 unspecified atom stereocenters. The molecule has 8 nitrogen and oxygen atoms in total. The summed E-state index contributed by atoms with van der Waals surface area (Å²) in [6.45, 7) is 0. The number of amides is 1. The van der Waals surface area contributed by atoms with Gasteiger partial charge in [-0.1, -0.05) is 0 Å². The number of nitrogens with one attached hydrogen (secondary N) is 3. The van der Waals surface area contributed by atoms with E-state index in [4.69, 9.17) is 0 Å². The molecule has 28 heavy (non-hydrogen) atoms. The van der Waals surface area contributed by atoms with E-state index in [0.29, 0.717) is 21.8 Å². The molecule has 0 bridgehead atoms. The number of carbonyl (C=O) groups is 3. The quantitative estimate of drug-likeness (QED) is 0.271. The van der Waals surface area contributed by atoms with E-state index in [1.807, 2.05) is 0 Å². The number of phenolic OH excluding ortho intramolecular Hbond substituents is 2. The Labute approximate surface area is 156 Å². The van der Waals surface area contributed by atoms with Crippen molar-refractivity contribution < 1.29 is 24.6 Å². The van der Waals surface area contributed by atoms with Gasteiger partial charge >= 0.3 is 0 Å². The van der Waals surface area contributed by atoms with Crippen LogP contribution in [0.2, 0.25) is 0 Å². The molecule has 0 radical (unpaired) electrons. The zero-order valence-electron chi connectivity index (χ0n) is 14.2. The highest BCUT2D eigenvalue weighted by molar-refractivity contribution is 6.46. The van der Waals surface area contributed by atoms with Crippen molar-refractivity contribution in [3.05, 3.63) is 59.4 Å².